The molecule has 1 unspecified atom stereocenters. The van der Waals surface area contributed by atoms with Gasteiger partial charge in [-0.1, -0.05) is 13.0 Å². The van der Waals surface area contributed by atoms with Crippen LogP contribution in [0.5, 0.6) is 0 Å². The van der Waals surface area contributed by atoms with E-state index in [4.69, 9.17) is 0 Å². The molecule has 0 amide bonds. The second-order valence-corrected chi connectivity index (χ2v) is 11.9. The molecule has 2 aromatic carbocycles. The van der Waals surface area contributed by atoms with Gasteiger partial charge in [-0.3, -0.25) is 4.72 Å². The molecule has 0 saturated carbocycles. The third-order valence-electron chi connectivity index (χ3n) is 5.31. The van der Waals surface area contributed by atoms with Crippen molar-refractivity contribution in [2.45, 2.75) is 36.5 Å². The number of hydrogen-bond donors (Lipinski definition) is 1. The molecule has 1 atom stereocenters. The average molecular weight is 452 g/mol. The van der Waals surface area contributed by atoms with Gasteiger partial charge < -0.3 is 4.90 Å². The van der Waals surface area contributed by atoms with Crippen molar-refractivity contribution in [2.75, 3.05) is 36.8 Å². The molecule has 1 fully saturated rings. The maximum absolute atomic E-state index is 13.0. The number of hydrogen-bond acceptors (Lipinski definition) is 5. The topological polar surface area (TPSA) is 86.8 Å². The fraction of sp³-hybridized carbons (Fsp3) is 0.429. The van der Waals surface area contributed by atoms with E-state index >= 15 is 0 Å². The normalized spacial score (nSPS) is 17.9. The highest BCUT2D eigenvalue weighted by Gasteiger charge is 2.23. The number of rotatable bonds is 6. The summed E-state index contributed by atoms with van der Waals surface area (Å²) >= 11 is 0. The van der Waals surface area contributed by atoms with Crippen molar-refractivity contribution in [3.8, 4) is 0 Å². The summed E-state index contributed by atoms with van der Waals surface area (Å²) in [5, 5.41) is 0. The van der Waals surface area contributed by atoms with Gasteiger partial charge in [0.05, 0.1) is 21.2 Å². The molecule has 2 aromatic rings. The molecule has 30 heavy (non-hydrogen) atoms. The molecule has 1 N–H and O–H groups in total. The first kappa shape index (κ1) is 22.6. The SMILES string of the molecule is Cc1ccc(N2CCCC(C)C2)c(NS(=O)(=O)c2ccc(S(=O)(=O)N(C)C)cc2)c1. The van der Waals surface area contributed by atoms with Gasteiger partial charge in [-0.25, -0.2) is 21.1 Å². The third kappa shape index (κ3) is 4.79. The van der Waals surface area contributed by atoms with Gasteiger partial charge in [-0.05, 0) is 67.6 Å². The van der Waals surface area contributed by atoms with Crippen LogP contribution in [-0.2, 0) is 20.0 Å². The van der Waals surface area contributed by atoms with E-state index in [2.05, 4.69) is 16.5 Å². The Kier molecular flexibility index (Phi) is 6.45. The van der Waals surface area contributed by atoms with Crippen LogP contribution in [0.1, 0.15) is 25.3 Å². The van der Waals surface area contributed by atoms with Gasteiger partial charge in [0.2, 0.25) is 10.0 Å². The van der Waals surface area contributed by atoms with Crippen molar-refractivity contribution < 1.29 is 16.8 Å². The van der Waals surface area contributed by atoms with Crippen LogP contribution in [0, 0.1) is 12.8 Å². The highest BCUT2D eigenvalue weighted by Crippen LogP contribution is 2.32. The predicted octanol–water partition coefficient (Wildman–Crippen LogP) is 3.28. The Labute approximate surface area is 179 Å². The molecule has 1 heterocycles. The van der Waals surface area contributed by atoms with Gasteiger partial charge in [0.1, 0.15) is 0 Å². The highest BCUT2D eigenvalue weighted by atomic mass is 32.2. The predicted molar refractivity (Wildman–Crippen MR) is 120 cm³/mol. The lowest BCUT2D eigenvalue weighted by Crippen LogP contribution is -2.34. The molecule has 1 aliphatic rings. The first-order chi connectivity index (χ1) is 14.0. The maximum atomic E-state index is 13.0. The number of sulfonamides is 2. The fourth-order valence-corrected chi connectivity index (χ4v) is 5.59. The van der Waals surface area contributed by atoms with Crippen molar-refractivity contribution in [3.63, 3.8) is 0 Å². The standard InChI is InChI=1S/C21H29N3O4S2/c1-16-7-12-21(24-13-5-6-17(2)15-24)20(14-16)22-29(25,26)18-8-10-19(11-9-18)30(27,28)23(3)4/h7-12,14,17,22H,5-6,13,15H2,1-4H3. The highest BCUT2D eigenvalue weighted by molar-refractivity contribution is 7.92. The molecule has 1 aliphatic heterocycles. The van der Waals surface area contributed by atoms with Crippen LogP contribution in [0.3, 0.4) is 0 Å². The summed E-state index contributed by atoms with van der Waals surface area (Å²) in [6.45, 7) is 5.89. The number of aryl methyl sites for hydroxylation is 1. The molecule has 0 aromatic heterocycles. The Hall–Kier alpha value is -2.10. The number of nitrogens with zero attached hydrogens (tertiary/aromatic N) is 2. The molecule has 0 aliphatic carbocycles. The van der Waals surface area contributed by atoms with E-state index in [9.17, 15) is 16.8 Å². The summed E-state index contributed by atoms with van der Waals surface area (Å²) in [4.78, 5) is 2.28. The average Bonchev–Trinajstić information content (AvgIpc) is 2.68. The van der Waals surface area contributed by atoms with Crippen molar-refractivity contribution in [1.29, 1.82) is 0 Å². The number of anilines is 2. The molecule has 3 rings (SSSR count). The summed E-state index contributed by atoms with van der Waals surface area (Å²) in [5.41, 5.74) is 2.35. The van der Waals surface area contributed by atoms with Crippen LogP contribution < -0.4 is 9.62 Å². The monoisotopic (exact) mass is 451 g/mol. The van der Waals surface area contributed by atoms with Crippen LogP contribution >= 0.6 is 0 Å². The van der Waals surface area contributed by atoms with E-state index < -0.39 is 20.0 Å². The van der Waals surface area contributed by atoms with Crippen LogP contribution in [-0.4, -0.2) is 48.3 Å². The minimum absolute atomic E-state index is 0.0136. The van der Waals surface area contributed by atoms with Crippen LogP contribution in [0.2, 0.25) is 0 Å². The first-order valence-electron chi connectivity index (χ1n) is 9.92. The van der Waals surface area contributed by atoms with Crippen LogP contribution in [0.25, 0.3) is 0 Å². The Morgan fingerprint density at radius 3 is 2.23 bits per heavy atom. The van der Waals surface area contributed by atoms with E-state index in [1.54, 1.807) is 0 Å². The lowest BCUT2D eigenvalue weighted by Gasteiger charge is -2.34. The summed E-state index contributed by atoms with van der Waals surface area (Å²) < 4.78 is 54.3. The molecule has 0 spiro atoms. The van der Waals surface area contributed by atoms with Crippen molar-refractivity contribution in [3.05, 3.63) is 48.0 Å². The number of nitrogens with one attached hydrogen (secondary N) is 1. The molecule has 9 heteroatoms. The van der Waals surface area contributed by atoms with Gasteiger partial charge in [0.15, 0.2) is 0 Å². The molecule has 1 saturated heterocycles. The molecule has 7 nitrogen and oxygen atoms in total. The Balaban J connectivity index is 1.91. The Morgan fingerprint density at radius 2 is 1.63 bits per heavy atom. The van der Waals surface area contributed by atoms with Crippen molar-refractivity contribution >= 4 is 31.4 Å². The molecule has 0 bridgehead atoms. The van der Waals surface area contributed by atoms with E-state index in [-0.39, 0.29) is 9.79 Å². The van der Waals surface area contributed by atoms with Crippen molar-refractivity contribution in [2.24, 2.45) is 5.92 Å². The lowest BCUT2D eigenvalue weighted by molar-refractivity contribution is 0.447. The zero-order valence-corrected chi connectivity index (χ0v) is 19.4. The summed E-state index contributed by atoms with van der Waals surface area (Å²) in [6, 6.07) is 11.0. The Morgan fingerprint density at radius 1 is 1.00 bits per heavy atom. The second kappa shape index (κ2) is 8.56. The van der Waals surface area contributed by atoms with E-state index in [1.165, 1.54) is 44.8 Å². The molecule has 164 valence electrons. The summed E-state index contributed by atoms with van der Waals surface area (Å²) in [7, 11) is -4.63. The van der Waals surface area contributed by atoms with Crippen LogP contribution in [0.4, 0.5) is 11.4 Å². The number of benzene rings is 2. The minimum Gasteiger partial charge on any atom is -0.370 e. The first-order valence-corrected chi connectivity index (χ1v) is 12.8. The van der Waals surface area contributed by atoms with Gasteiger partial charge in [-0.15, -0.1) is 0 Å². The summed E-state index contributed by atoms with van der Waals surface area (Å²) in [6.07, 6.45) is 2.24. The zero-order chi connectivity index (χ0) is 22.1. The van der Waals surface area contributed by atoms with Gasteiger partial charge in [-0.2, -0.15) is 0 Å². The Bertz CT molecular complexity index is 1110. The fourth-order valence-electron chi connectivity index (χ4n) is 3.62. The third-order valence-corrected chi connectivity index (χ3v) is 8.52. The molecular weight excluding hydrogens is 422 g/mol. The van der Waals surface area contributed by atoms with Crippen LogP contribution in [0.15, 0.2) is 52.3 Å². The van der Waals surface area contributed by atoms with Gasteiger partial charge in [0.25, 0.3) is 10.0 Å². The molecular formula is C21H29N3O4S2. The molecule has 0 radical (unpaired) electrons. The second-order valence-electron chi connectivity index (χ2n) is 8.08. The summed E-state index contributed by atoms with van der Waals surface area (Å²) in [5.74, 6) is 0.552. The quantitative estimate of drug-likeness (QED) is 0.728. The lowest BCUT2D eigenvalue weighted by atomic mass is 9.99. The zero-order valence-electron chi connectivity index (χ0n) is 17.8. The van der Waals surface area contributed by atoms with Gasteiger partial charge in [0, 0.05) is 27.2 Å². The minimum atomic E-state index is -3.87. The van der Waals surface area contributed by atoms with E-state index in [0.717, 1.165) is 35.1 Å². The van der Waals surface area contributed by atoms with Crippen molar-refractivity contribution in [1.82, 2.24) is 4.31 Å². The van der Waals surface area contributed by atoms with E-state index in [1.807, 2.05) is 25.1 Å². The smallest absolute Gasteiger partial charge is 0.261 e. The number of piperidine rings is 1. The maximum Gasteiger partial charge on any atom is 0.261 e. The largest absolute Gasteiger partial charge is 0.370 e. The van der Waals surface area contributed by atoms with E-state index in [0.29, 0.717) is 11.6 Å². The van der Waals surface area contributed by atoms with Gasteiger partial charge >= 0.3 is 0 Å².